The lowest BCUT2D eigenvalue weighted by Crippen LogP contribution is -2.55. The minimum atomic E-state index is -0.691. The predicted molar refractivity (Wildman–Crippen MR) is 123 cm³/mol. The molecule has 4 atom stereocenters. The van der Waals surface area contributed by atoms with E-state index in [1.807, 2.05) is 18.2 Å². The summed E-state index contributed by atoms with van der Waals surface area (Å²) >= 11 is 0. The summed E-state index contributed by atoms with van der Waals surface area (Å²) in [6.45, 7) is 7.42. The highest BCUT2D eigenvalue weighted by Crippen LogP contribution is 2.46. The van der Waals surface area contributed by atoms with Crippen LogP contribution in [-0.4, -0.2) is 80.4 Å². The van der Waals surface area contributed by atoms with E-state index in [0.717, 1.165) is 62.1 Å². The van der Waals surface area contributed by atoms with Crippen molar-refractivity contribution in [2.24, 2.45) is 16.8 Å². The highest BCUT2D eigenvalue weighted by molar-refractivity contribution is 5.80. The fourth-order valence-electron chi connectivity index (χ4n) is 5.69. The molecule has 2 saturated carbocycles. The van der Waals surface area contributed by atoms with Gasteiger partial charge in [0.15, 0.2) is 17.5 Å². The van der Waals surface area contributed by atoms with Crippen molar-refractivity contribution < 1.29 is 14.6 Å². The maximum absolute atomic E-state index is 10.7. The molecule has 2 bridgehead atoms. The highest BCUT2D eigenvalue weighted by Gasteiger charge is 2.42. The van der Waals surface area contributed by atoms with Crippen molar-refractivity contribution in [3.63, 3.8) is 0 Å². The number of hydrogen-bond donors (Lipinski definition) is 2. The number of aliphatic imine (C=N–C) groups is 1. The zero-order valence-corrected chi connectivity index (χ0v) is 19.2. The smallest absolute Gasteiger partial charge is 0.194 e. The molecule has 3 fully saturated rings. The van der Waals surface area contributed by atoms with E-state index in [2.05, 4.69) is 22.0 Å². The monoisotopic (exact) mass is 430 g/mol. The zero-order chi connectivity index (χ0) is 21.8. The number of piperazine rings is 1. The molecule has 7 heteroatoms. The van der Waals surface area contributed by atoms with Gasteiger partial charge in [-0.1, -0.05) is 12.5 Å². The van der Waals surface area contributed by atoms with Crippen LogP contribution in [0.15, 0.2) is 23.2 Å². The minimum absolute atomic E-state index is 0.310. The first-order valence-electron chi connectivity index (χ1n) is 11.8. The summed E-state index contributed by atoms with van der Waals surface area (Å²) in [4.78, 5) is 9.83. The van der Waals surface area contributed by atoms with Crippen molar-refractivity contribution in [1.82, 2.24) is 15.1 Å². The van der Waals surface area contributed by atoms with Crippen molar-refractivity contribution >= 4 is 5.96 Å². The van der Waals surface area contributed by atoms with Gasteiger partial charge in [-0.15, -0.1) is 0 Å². The van der Waals surface area contributed by atoms with E-state index in [1.165, 1.54) is 25.7 Å². The molecule has 3 aliphatic rings. The Labute approximate surface area is 186 Å². The van der Waals surface area contributed by atoms with Gasteiger partial charge in [-0.05, 0) is 55.7 Å². The van der Waals surface area contributed by atoms with Crippen molar-refractivity contribution in [2.45, 2.75) is 44.8 Å². The lowest BCUT2D eigenvalue weighted by Gasteiger charge is -2.42. The second-order valence-electron chi connectivity index (χ2n) is 9.09. The van der Waals surface area contributed by atoms with E-state index in [1.54, 1.807) is 14.2 Å². The third-order valence-corrected chi connectivity index (χ3v) is 7.32. The molecule has 2 aliphatic carbocycles. The zero-order valence-electron chi connectivity index (χ0n) is 19.2. The van der Waals surface area contributed by atoms with E-state index in [4.69, 9.17) is 14.5 Å². The molecule has 1 aliphatic heterocycles. The van der Waals surface area contributed by atoms with Crippen LogP contribution in [0.5, 0.6) is 11.5 Å². The van der Waals surface area contributed by atoms with Crippen molar-refractivity contribution in [2.75, 3.05) is 53.5 Å². The predicted octanol–water partition coefficient (Wildman–Crippen LogP) is 2.51. The molecule has 0 amide bonds. The Morgan fingerprint density at radius 3 is 2.52 bits per heavy atom. The Kier molecular flexibility index (Phi) is 7.23. The van der Waals surface area contributed by atoms with Gasteiger partial charge in [0.1, 0.15) is 0 Å². The van der Waals surface area contributed by atoms with E-state index in [-0.39, 0.29) is 0 Å². The summed E-state index contributed by atoms with van der Waals surface area (Å²) in [6, 6.07) is 6.32. The quantitative estimate of drug-likeness (QED) is 0.512. The molecule has 1 heterocycles. The van der Waals surface area contributed by atoms with Gasteiger partial charge < -0.3 is 24.8 Å². The van der Waals surface area contributed by atoms with Crippen molar-refractivity contribution in [1.29, 1.82) is 0 Å². The first kappa shape index (κ1) is 22.2. The van der Waals surface area contributed by atoms with Crippen molar-refractivity contribution in [3.8, 4) is 11.5 Å². The van der Waals surface area contributed by atoms with Crippen LogP contribution in [0.3, 0.4) is 0 Å². The molecular formula is C24H38N4O3. The SMILES string of the molecule is CCNC(=NCC(O)c1ccc(OC)c(OC)c1)N1CCN(C2CC3CCC2C3)CC1. The Morgan fingerprint density at radius 2 is 1.90 bits per heavy atom. The lowest BCUT2D eigenvalue weighted by molar-refractivity contribution is 0.0956. The number of nitrogens with one attached hydrogen (secondary N) is 1. The summed E-state index contributed by atoms with van der Waals surface area (Å²) in [5, 5.41) is 14.1. The molecule has 0 radical (unpaired) electrons. The van der Waals surface area contributed by atoms with Crippen LogP contribution in [0.25, 0.3) is 0 Å². The number of aliphatic hydroxyl groups excluding tert-OH is 1. The third-order valence-electron chi connectivity index (χ3n) is 7.32. The number of rotatable bonds is 7. The van der Waals surface area contributed by atoms with E-state index in [9.17, 15) is 5.11 Å². The molecule has 0 aromatic heterocycles. The van der Waals surface area contributed by atoms with Gasteiger partial charge in [-0.3, -0.25) is 9.89 Å². The van der Waals surface area contributed by atoms with Crippen LogP contribution in [0.4, 0.5) is 0 Å². The molecule has 2 N–H and O–H groups in total. The van der Waals surface area contributed by atoms with Gasteiger partial charge in [0.2, 0.25) is 0 Å². The molecule has 172 valence electrons. The fraction of sp³-hybridized carbons (Fsp3) is 0.708. The number of methoxy groups -OCH3 is 2. The molecule has 4 rings (SSSR count). The fourth-order valence-corrected chi connectivity index (χ4v) is 5.69. The molecular weight excluding hydrogens is 392 g/mol. The molecule has 31 heavy (non-hydrogen) atoms. The maximum atomic E-state index is 10.7. The second-order valence-corrected chi connectivity index (χ2v) is 9.09. The van der Waals surface area contributed by atoms with Crippen LogP contribution in [0.2, 0.25) is 0 Å². The summed E-state index contributed by atoms with van der Waals surface area (Å²) in [5.74, 6) is 4.10. The molecule has 1 aromatic rings. The first-order valence-corrected chi connectivity index (χ1v) is 11.8. The average molecular weight is 431 g/mol. The normalized spacial score (nSPS) is 27.4. The average Bonchev–Trinajstić information content (AvgIpc) is 3.45. The Morgan fingerprint density at radius 1 is 1.13 bits per heavy atom. The lowest BCUT2D eigenvalue weighted by atomic mass is 9.93. The molecule has 1 saturated heterocycles. The van der Waals surface area contributed by atoms with Crippen LogP contribution in [0, 0.1) is 11.8 Å². The van der Waals surface area contributed by atoms with Crippen LogP contribution in [-0.2, 0) is 0 Å². The van der Waals surface area contributed by atoms with Crippen LogP contribution in [0.1, 0.15) is 44.3 Å². The van der Waals surface area contributed by atoms with Gasteiger partial charge >= 0.3 is 0 Å². The number of guanidine groups is 1. The number of aliphatic hydroxyl groups is 1. The number of nitrogens with zero attached hydrogens (tertiary/aromatic N) is 3. The standard InChI is InChI=1S/C24H38N4O3/c1-4-25-24(26-16-21(29)19-7-8-22(30-2)23(15-19)31-3)28-11-9-27(10-12-28)20-14-17-5-6-18(20)13-17/h7-8,15,17-18,20-21,29H,4-6,9-14,16H2,1-3H3,(H,25,26). The van der Waals surface area contributed by atoms with E-state index >= 15 is 0 Å². The molecule has 0 spiro atoms. The van der Waals surface area contributed by atoms with E-state index < -0.39 is 6.10 Å². The Hall–Kier alpha value is -1.99. The first-order chi connectivity index (χ1) is 15.1. The molecule has 4 unspecified atom stereocenters. The minimum Gasteiger partial charge on any atom is -0.493 e. The van der Waals surface area contributed by atoms with Gasteiger partial charge in [0.25, 0.3) is 0 Å². The van der Waals surface area contributed by atoms with Crippen LogP contribution >= 0.6 is 0 Å². The summed E-state index contributed by atoms with van der Waals surface area (Å²) < 4.78 is 10.6. The van der Waals surface area contributed by atoms with Crippen LogP contribution < -0.4 is 14.8 Å². The summed E-state index contributed by atoms with van der Waals surface area (Å²) in [7, 11) is 3.21. The Bertz CT molecular complexity index is 763. The summed E-state index contributed by atoms with van der Waals surface area (Å²) in [5.41, 5.74) is 0.776. The van der Waals surface area contributed by atoms with Gasteiger partial charge in [0, 0.05) is 38.8 Å². The number of fused-ring (bicyclic) bond motifs is 2. The number of hydrogen-bond acceptors (Lipinski definition) is 5. The highest BCUT2D eigenvalue weighted by atomic mass is 16.5. The number of ether oxygens (including phenoxy) is 2. The molecule has 1 aromatic carbocycles. The van der Waals surface area contributed by atoms with Crippen molar-refractivity contribution in [3.05, 3.63) is 23.8 Å². The third kappa shape index (κ3) is 4.93. The largest absolute Gasteiger partial charge is 0.493 e. The topological polar surface area (TPSA) is 69.6 Å². The Balaban J connectivity index is 1.35. The van der Waals surface area contributed by atoms with Gasteiger partial charge in [-0.25, -0.2) is 0 Å². The molecule has 7 nitrogen and oxygen atoms in total. The second kappa shape index (κ2) is 10.1. The summed E-state index contributed by atoms with van der Waals surface area (Å²) in [6.07, 6.45) is 5.08. The van der Waals surface area contributed by atoms with Gasteiger partial charge in [-0.2, -0.15) is 0 Å². The van der Waals surface area contributed by atoms with Gasteiger partial charge in [0.05, 0.1) is 26.9 Å². The number of benzene rings is 1. The van der Waals surface area contributed by atoms with E-state index in [0.29, 0.717) is 18.0 Å². The maximum Gasteiger partial charge on any atom is 0.194 e.